The Labute approximate surface area is 119 Å². The first kappa shape index (κ1) is 12.9. The highest BCUT2D eigenvalue weighted by molar-refractivity contribution is 5.61. The van der Waals surface area contributed by atoms with E-state index in [2.05, 4.69) is 9.97 Å². The molecule has 3 rings (SSSR count). The van der Waals surface area contributed by atoms with Crippen LogP contribution < -0.4 is 10.5 Å². The van der Waals surface area contributed by atoms with E-state index in [9.17, 15) is 0 Å². The van der Waals surface area contributed by atoms with E-state index in [-0.39, 0.29) is 0 Å². The predicted molar refractivity (Wildman–Crippen MR) is 79.4 cm³/mol. The van der Waals surface area contributed by atoms with E-state index in [0.29, 0.717) is 12.0 Å². The van der Waals surface area contributed by atoms with Gasteiger partial charge in [0.2, 0.25) is 5.88 Å². The number of hydrogen-bond acceptors (Lipinski definition) is 4. The summed E-state index contributed by atoms with van der Waals surface area (Å²) in [5.41, 5.74) is 8.27. The normalized spacial score (nSPS) is 16.0. The van der Waals surface area contributed by atoms with Gasteiger partial charge < -0.3 is 10.5 Å². The van der Waals surface area contributed by atoms with E-state index in [0.717, 1.165) is 29.8 Å². The third-order valence-electron chi connectivity index (χ3n) is 3.67. The minimum absolute atomic E-state index is 0.306. The minimum Gasteiger partial charge on any atom is -0.473 e. The van der Waals surface area contributed by atoms with Crippen LogP contribution in [0.5, 0.6) is 5.88 Å². The fraction of sp³-hybridized carbons (Fsp3) is 0.375. The Balaban J connectivity index is 1.69. The summed E-state index contributed by atoms with van der Waals surface area (Å²) in [5, 5.41) is 0. The predicted octanol–water partition coefficient (Wildman–Crippen LogP) is 3.44. The highest BCUT2D eigenvalue weighted by atomic mass is 16.5. The number of hydrogen-bond donors (Lipinski definition) is 1. The van der Waals surface area contributed by atoms with E-state index in [1.807, 2.05) is 24.3 Å². The Morgan fingerprint density at radius 2 is 1.70 bits per heavy atom. The molecule has 1 saturated carbocycles. The summed E-state index contributed by atoms with van der Waals surface area (Å²) in [6.45, 7) is 0. The van der Waals surface area contributed by atoms with Crippen molar-refractivity contribution < 1.29 is 4.74 Å². The molecule has 0 saturated heterocycles. The molecule has 0 atom stereocenters. The molecule has 1 aliphatic rings. The smallest absolute Gasteiger partial charge is 0.232 e. The molecule has 104 valence electrons. The lowest BCUT2D eigenvalue weighted by Gasteiger charge is -2.22. The molecule has 2 N–H and O–H groups in total. The van der Waals surface area contributed by atoms with Crippen molar-refractivity contribution in [3.63, 3.8) is 0 Å². The van der Waals surface area contributed by atoms with Crippen LogP contribution in [-0.2, 0) is 0 Å². The molecule has 1 heterocycles. The molecule has 0 bridgehead atoms. The molecule has 2 aromatic rings. The maximum Gasteiger partial charge on any atom is 0.232 e. The number of nitrogens with zero attached hydrogens (tertiary/aromatic N) is 2. The maximum absolute atomic E-state index is 5.87. The molecule has 1 fully saturated rings. The summed E-state index contributed by atoms with van der Waals surface area (Å²) < 4.78 is 5.87. The molecule has 1 aliphatic carbocycles. The van der Waals surface area contributed by atoms with E-state index < -0.39 is 0 Å². The molecule has 0 aliphatic heterocycles. The van der Waals surface area contributed by atoms with Crippen LogP contribution >= 0.6 is 0 Å². The topological polar surface area (TPSA) is 61.0 Å². The molecule has 4 heteroatoms. The molecule has 1 aromatic carbocycles. The van der Waals surface area contributed by atoms with Crippen molar-refractivity contribution in [2.45, 2.75) is 38.2 Å². The van der Waals surface area contributed by atoms with Crippen molar-refractivity contribution in [3.05, 3.63) is 36.7 Å². The summed E-state index contributed by atoms with van der Waals surface area (Å²) in [7, 11) is 0. The Morgan fingerprint density at radius 3 is 2.35 bits per heavy atom. The van der Waals surface area contributed by atoms with Crippen LogP contribution in [0, 0.1) is 0 Å². The second-order valence-corrected chi connectivity index (χ2v) is 5.24. The molecular formula is C16H19N3O. The molecule has 4 nitrogen and oxygen atoms in total. The third-order valence-corrected chi connectivity index (χ3v) is 3.67. The lowest BCUT2D eigenvalue weighted by Crippen LogP contribution is -2.20. The van der Waals surface area contributed by atoms with Crippen LogP contribution in [0.1, 0.15) is 32.1 Å². The SMILES string of the molecule is Nc1ccc(-c2cnc(OC3CCCCC3)cn2)cc1. The van der Waals surface area contributed by atoms with Gasteiger partial charge in [0.05, 0.1) is 18.1 Å². The zero-order valence-electron chi connectivity index (χ0n) is 11.5. The van der Waals surface area contributed by atoms with Crippen molar-refractivity contribution in [2.24, 2.45) is 0 Å². The Hall–Kier alpha value is -2.10. The molecule has 0 radical (unpaired) electrons. The van der Waals surface area contributed by atoms with E-state index in [1.165, 1.54) is 19.3 Å². The van der Waals surface area contributed by atoms with Gasteiger partial charge in [0.25, 0.3) is 0 Å². The van der Waals surface area contributed by atoms with Gasteiger partial charge in [-0.25, -0.2) is 9.97 Å². The van der Waals surface area contributed by atoms with E-state index in [4.69, 9.17) is 10.5 Å². The fourth-order valence-corrected chi connectivity index (χ4v) is 2.53. The van der Waals surface area contributed by atoms with Crippen LogP contribution in [-0.4, -0.2) is 16.1 Å². The van der Waals surface area contributed by atoms with Gasteiger partial charge in [-0.2, -0.15) is 0 Å². The number of nitrogens with two attached hydrogens (primary N) is 1. The zero-order valence-corrected chi connectivity index (χ0v) is 11.5. The quantitative estimate of drug-likeness (QED) is 0.867. The maximum atomic E-state index is 5.87. The summed E-state index contributed by atoms with van der Waals surface area (Å²) in [6, 6.07) is 7.62. The first-order valence-electron chi connectivity index (χ1n) is 7.16. The first-order chi connectivity index (χ1) is 9.81. The number of aromatic nitrogens is 2. The second kappa shape index (κ2) is 5.90. The van der Waals surface area contributed by atoms with E-state index in [1.54, 1.807) is 12.4 Å². The lowest BCUT2D eigenvalue weighted by molar-refractivity contribution is 0.148. The molecule has 20 heavy (non-hydrogen) atoms. The van der Waals surface area contributed by atoms with Gasteiger partial charge in [-0.1, -0.05) is 18.6 Å². The number of rotatable bonds is 3. The standard InChI is InChI=1S/C16H19N3O/c17-13-8-6-12(7-9-13)15-10-19-16(11-18-15)20-14-4-2-1-3-5-14/h6-11,14H,1-5,17H2. The third kappa shape index (κ3) is 3.07. The van der Waals surface area contributed by atoms with Gasteiger partial charge in [-0.3, -0.25) is 0 Å². The average Bonchev–Trinajstić information content (AvgIpc) is 2.50. The van der Waals surface area contributed by atoms with Gasteiger partial charge >= 0.3 is 0 Å². The summed E-state index contributed by atoms with van der Waals surface area (Å²) in [4.78, 5) is 8.77. The summed E-state index contributed by atoms with van der Waals surface area (Å²) in [5.74, 6) is 0.621. The summed E-state index contributed by atoms with van der Waals surface area (Å²) in [6.07, 6.45) is 9.85. The van der Waals surface area contributed by atoms with Crippen LogP contribution in [0.2, 0.25) is 0 Å². The van der Waals surface area contributed by atoms with Crippen molar-refractivity contribution >= 4 is 5.69 Å². The van der Waals surface area contributed by atoms with Crippen molar-refractivity contribution in [2.75, 3.05) is 5.73 Å². The van der Waals surface area contributed by atoms with Crippen LogP contribution in [0.3, 0.4) is 0 Å². The lowest BCUT2D eigenvalue weighted by atomic mass is 9.98. The highest BCUT2D eigenvalue weighted by Gasteiger charge is 2.15. The highest BCUT2D eigenvalue weighted by Crippen LogP contribution is 2.23. The Morgan fingerprint density at radius 1 is 0.950 bits per heavy atom. The van der Waals surface area contributed by atoms with Gasteiger partial charge in [0, 0.05) is 11.3 Å². The Kier molecular flexibility index (Phi) is 3.81. The van der Waals surface area contributed by atoms with Crippen LogP contribution in [0.4, 0.5) is 5.69 Å². The molecule has 0 spiro atoms. The number of ether oxygens (including phenoxy) is 1. The van der Waals surface area contributed by atoms with Crippen molar-refractivity contribution in [3.8, 4) is 17.1 Å². The van der Waals surface area contributed by atoms with Gasteiger partial charge in [0.1, 0.15) is 6.10 Å². The monoisotopic (exact) mass is 269 g/mol. The van der Waals surface area contributed by atoms with Gasteiger partial charge in [-0.15, -0.1) is 0 Å². The van der Waals surface area contributed by atoms with Gasteiger partial charge in [0.15, 0.2) is 0 Å². The van der Waals surface area contributed by atoms with Gasteiger partial charge in [-0.05, 0) is 37.8 Å². The molecule has 0 unspecified atom stereocenters. The largest absolute Gasteiger partial charge is 0.473 e. The molecular weight excluding hydrogens is 250 g/mol. The van der Waals surface area contributed by atoms with Crippen molar-refractivity contribution in [1.82, 2.24) is 9.97 Å². The number of anilines is 1. The molecule has 1 aromatic heterocycles. The molecule has 0 amide bonds. The van der Waals surface area contributed by atoms with Crippen LogP contribution in [0.25, 0.3) is 11.3 Å². The first-order valence-corrected chi connectivity index (χ1v) is 7.16. The zero-order chi connectivity index (χ0) is 13.8. The Bertz CT molecular complexity index is 545. The van der Waals surface area contributed by atoms with E-state index >= 15 is 0 Å². The van der Waals surface area contributed by atoms with Crippen molar-refractivity contribution in [1.29, 1.82) is 0 Å². The fourth-order valence-electron chi connectivity index (χ4n) is 2.53. The number of benzene rings is 1. The number of nitrogen functional groups attached to an aromatic ring is 1. The average molecular weight is 269 g/mol. The second-order valence-electron chi connectivity index (χ2n) is 5.24. The van der Waals surface area contributed by atoms with Crippen LogP contribution in [0.15, 0.2) is 36.7 Å². The minimum atomic E-state index is 0.306. The summed E-state index contributed by atoms with van der Waals surface area (Å²) >= 11 is 0.